The molecule has 0 bridgehead atoms. The lowest BCUT2D eigenvalue weighted by atomic mass is 10.2. The van der Waals surface area contributed by atoms with Gasteiger partial charge in [0.15, 0.2) is 0 Å². The Morgan fingerprint density at radius 1 is 1.17 bits per heavy atom. The fourth-order valence-electron chi connectivity index (χ4n) is 1.83. The highest BCUT2D eigenvalue weighted by molar-refractivity contribution is 8.00. The molecule has 0 aliphatic rings. The standard InChI is InChI=1S/C18H20N2O2S/c1-13-4-10-17(11-5-13)23-14(2)18(21)20-19-12-15-6-8-16(22-3)9-7-15/h4-12,14H,1-3H3,(H,20,21)/b19-12-/t14-/m1/s1. The third kappa shape index (κ3) is 5.45. The van der Waals surface area contributed by atoms with E-state index < -0.39 is 0 Å². The number of methoxy groups -OCH3 is 1. The summed E-state index contributed by atoms with van der Waals surface area (Å²) in [5.41, 5.74) is 4.67. The molecule has 120 valence electrons. The Kier molecular flexibility index (Phi) is 6.23. The van der Waals surface area contributed by atoms with E-state index in [1.165, 1.54) is 17.3 Å². The average Bonchev–Trinajstić information content (AvgIpc) is 2.57. The van der Waals surface area contributed by atoms with Crippen LogP contribution in [0.3, 0.4) is 0 Å². The predicted octanol–water partition coefficient (Wildman–Crippen LogP) is 3.63. The van der Waals surface area contributed by atoms with Crippen LogP contribution in [0.4, 0.5) is 0 Å². The first kappa shape index (κ1) is 17.1. The number of thioether (sulfide) groups is 1. The second kappa shape index (κ2) is 8.39. The summed E-state index contributed by atoms with van der Waals surface area (Å²) in [5, 5.41) is 3.78. The van der Waals surface area contributed by atoms with Gasteiger partial charge in [-0.05, 0) is 55.8 Å². The van der Waals surface area contributed by atoms with Crippen molar-refractivity contribution in [2.45, 2.75) is 24.0 Å². The molecular weight excluding hydrogens is 308 g/mol. The summed E-state index contributed by atoms with van der Waals surface area (Å²) in [5.74, 6) is 0.662. The zero-order chi connectivity index (χ0) is 16.7. The Balaban J connectivity index is 1.85. The van der Waals surface area contributed by atoms with Gasteiger partial charge in [0.2, 0.25) is 0 Å². The van der Waals surface area contributed by atoms with Gasteiger partial charge >= 0.3 is 0 Å². The molecule has 0 saturated heterocycles. The second-order valence-electron chi connectivity index (χ2n) is 5.08. The maximum atomic E-state index is 12.0. The van der Waals surface area contributed by atoms with Gasteiger partial charge in [0, 0.05) is 4.90 Å². The third-order valence-electron chi connectivity index (χ3n) is 3.21. The molecule has 0 unspecified atom stereocenters. The largest absolute Gasteiger partial charge is 0.497 e. The van der Waals surface area contributed by atoms with E-state index in [-0.39, 0.29) is 11.2 Å². The number of nitrogens with zero attached hydrogens (tertiary/aromatic N) is 1. The van der Waals surface area contributed by atoms with Gasteiger partial charge in [-0.2, -0.15) is 5.10 Å². The normalized spacial score (nSPS) is 12.1. The van der Waals surface area contributed by atoms with E-state index in [0.29, 0.717) is 0 Å². The number of nitrogens with one attached hydrogen (secondary N) is 1. The van der Waals surface area contributed by atoms with E-state index in [1.807, 2.05) is 62.4 Å². The Hall–Kier alpha value is -2.27. The van der Waals surface area contributed by atoms with Gasteiger partial charge in [-0.1, -0.05) is 17.7 Å². The second-order valence-corrected chi connectivity index (χ2v) is 6.49. The lowest BCUT2D eigenvalue weighted by Gasteiger charge is -2.09. The van der Waals surface area contributed by atoms with Crippen molar-refractivity contribution in [3.63, 3.8) is 0 Å². The molecule has 5 heteroatoms. The zero-order valence-electron chi connectivity index (χ0n) is 13.4. The third-order valence-corrected chi connectivity index (χ3v) is 4.32. The van der Waals surface area contributed by atoms with Crippen LogP contribution in [0.25, 0.3) is 0 Å². The molecule has 0 aliphatic heterocycles. The molecule has 23 heavy (non-hydrogen) atoms. The smallest absolute Gasteiger partial charge is 0.253 e. The van der Waals surface area contributed by atoms with Crippen LogP contribution in [0, 0.1) is 6.92 Å². The molecule has 0 radical (unpaired) electrons. The SMILES string of the molecule is COc1ccc(/C=N\NC(=O)[C@@H](C)Sc2ccc(C)cc2)cc1. The van der Waals surface area contributed by atoms with E-state index in [9.17, 15) is 4.79 Å². The molecule has 0 aromatic heterocycles. The minimum Gasteiger partial charge on any atom is -0.497 e. The summed E-state index contributed by atoms with van der Waals surface area (Å²) in [6, 6.07) is 15.6. The summed E-state index contributed by atoms with van der Waals surface area (Å²) >= 11 is 1.51. The highest BCUT2D eigenvalue weighted by Gasteiger charge is 2.13. The van der Waals surface area contributed by atoms with Crippen LogP contribution < -0.4 is 10.2 Å². The number of ether oxygens (including phenoxy) is 1. The van der Waals surface area contributed by atoms with Crippen LogP contribution in [-0.4, -0.2) is 24.5 Å². The van der Waals surface area contributed by atoms with Crippen molar-refractivity contribution >= 4 is 23.9 Å². The Morgan fingerprint density at radius 2 is 1.83 bits per heavy atom. The molecule has 2 aromatic carbocycles. The van der Waals surface area contributed by atoms with Crippen LogP contribution >= 0.6 is 11.8 Å². The lowest BCUT2D eigenvalue weighted by molar-refractivity contribution is -0.120. The van der Waals surface area contributed by atoms with Crippen molar-refractivity contribution in [1.29, 1.82) is 0 Å². The minimum atomic E-state index is -0.217. The lowest BCUT2D eigenvalue weighted by Crippen LogP contribution is -2.26. The quantitative estimate of drug-likeness (QED) is 0.500. The molecule has 0 saturated carbocycles. The molecule has 4 nitrogen and oxygen atoms in total. The van der Waals surface area contributed by atoms with Gasteiger partial charge in [-0.3, -0.25) is 4.79 Å². The van der Waals surface area contributed by atoms with Crippen molar-refractivity contribution in [2.75, 3.05) is 7.11 Å². The van der Waals surface area contributed by atoms with Gasteiger partial charge < -0.3 is 4.74 Å². The molecule has 1 amide bonds. The molecule has 0 aliphatic carbocycles. The molecule has 0 heterocycles. The van der Waals surface area contributed by atoms with Crippen molar-refractivity contribution in [1.82, 2.24) is 5.43 Å². The van der Waals surface area contributed by atoms with Crippen LogP contribution in [-0.2, 0) is 4.79 Å². The summed E-state index contributed by atoms with van der Waals surface area (Å²) < 4.78 is 5.09. The number of hydrogen-bond acceptors (Lipinski definition) is 4. The Bertz CT molecular complexity index is 666. The molecule has 2 aromatic rings. The van der Waals surface area contributed by atoms with Crippen molar-refractivity contribution in [3.05, 3.63) is 59.7 Å². The minimum absolute atomic E-state index is 0.125. The number of aryl methyl sites for hydroxylation is 1. The first-order chi connectivity index (χ1) is 11.1. The molecule has 0 fully saturated rings. The van der Waals surface area contributed by atoms with Gasteiger partial charge in [0.25, 0.3) is 5.91 Å². The number of carbonyl (C=O) groups excluding carboxylic acids is 1. The number of rotatable bonds is 6. The van der Waals surface area contributed by atoms with Crippen molar-refractivity contribution in [2.24, 2.45) is 5.10 Å². The first-order valence-electron chi connectivity index (χ1n) is 7.29. The van der Waals surface area contributed by atoms with Crippen LogP contribution in [0.15, 0.2) is 58.5 Å². The summed E-state index contributed by atoms with van der Waals surface area (Å²) in [4.78, 5) is 13.1. The summed E-state index contributed by atoms with van der Waals surface area (Å²) in [6.07, 6.45) is 1.61. The monoisotopic (exact) mass is 328 g/mol. The van der Waals surface area contributed by atoms with Gasteiger partial charge in [-0.25, -0.2) is 5.43 Å². The van der Waals surface area contributed by atoms with Crippen molar-refractivity contribution in [3.8, 4) is 5.75 Å². The number of benzene rings is 2. The van der Waals surface area contributed by atoms with Crippen LogP contribution in [0.5, 0.6) is 5.75 Å². The van der Waals surface area contributed by atoms with Crippen LogP contribution in [0.2, 0.25) is 0 Å². The van der Waals surface area contributed by atoms with Gasteiger partial charge in [0.05, 0.1) is 18.6 Å². The fraction of sp³-hybridized carbons (Fsp3) is 0.222. The molecule has 0 spiro atoms. The van der Waals surface area contributed by atoms with Crippen LogP contribution in [0.1, 0.15) is 18.1 Å². The van der Waals surface area contributed by atoms with Gasteiger partial charge in [-0.15, -0.1) is 11.8 Å². The topological polar surface area (TPSA) is 50.7 Å². The van der Waals surface area contributed by atoms with E-state index >= 15 is 0 Å². The fourth-order valence-corrected chi connectivity index (χ4v) is 2.69. The predicted molar refractivity (Wildman–Crippen MR) is 95.2 cm³/mol. The summed E-state index contributed by atoms with van der Waals surface area (Å²) in [7, 11) is 1.62. The Morgan fingerprint density at radius 3 is 2.43 bits per heavy atom. The van der Waals surface area contributed by atoms with E-state index in [0.717, 1.165) is 16.2 Å². The zero-order valence-corrected chi connectivity index (χ0v) is 14.3. The summed E-state index contributed by atoms with van der Waals surface area (Å²) in [6.45, 7) is 3.90. The number of hydrogen-bond donors (Lipinski definition) is 1. The molecule has 1 atom stereocenters. The molecule has 2 rings (SSSR count). The number of amides is 1. The molecular formula is C18H20N2O2S. The van der Waals surface area contributed by atoms with E-state index in [4.69, 9.17) is 4.74 Å². The maximum absolute atomic E-state index is 12.0. The highest BCUT2D eigenvalue weighted by Crippen LogP contribution is 2.23. The van der Waals surface area contributed by atoms with Crippen molar-refractivity contribution < 1.29 is 9.53 Å². The first-order valence-corrected chi connectivity index (χ1v) is 8.17. The van der Waals surface area contributed by atoms with E-state index in [1.54, 1.807) is 13.3 Å². The highest BCUT2D eigenvalue weighted by atomic mass is 32.2. The van der Waals surface area contributed by atoms with E-state index in [2.05, 4.69) is 10.5 Å². The number of carbonyl (C=O) groups is 1. The maximum Gasteiger partial charge on any atom is 0.253 e. The average molecular weight is 328 g/mol. The molecule has 1 N–H and O–H groups in total. The number of hydrazone groups is 1. The van der Waals surface area contributed by atoms with Gasteiger partial charge in [0.1, 0.15) is 5.75 Å². The Labute approximate surface area is 140 Å².